The third kappa shape index (κ3) is 3.70. The number of anilines is 1. The quantitative estimate of drug-likeness (QED) is 0.661. The van der Waals surface area contributed by atoms with Gasteiger partial charge >= 0.3 is 0 Å². The van der Waals surface area contributed by atoms with Crippen LogP contribution in [0.2, 0.25) is 0 Å². The van der Waals surface area contributed by atoms with E-state index in [0.717, 1.165) is 31.2 Å². The van der Waals surface area contributed by atoms with E-state index in [9.17, 15) is 8.42 Å². The summed E-state index contributed by atoms with van der Waals surface area (Å²) < 4.78 is 27.5. The summed E-state index contributed by atoms with van der Waals surface area (Å²) in [7, 11) is -3.42. The highest BCUT2D eigenvalue weighted by atomic mass is 32.2. The molecule has 4 nitrogen and oxygen atoms in total. The molecule has 0 unspecified atom stereocenters. The summed E-state index contributed by atoms with van der Waals surface area (Å²) in [5.41, 5.74) is 7.14. The van der Waals surface area contributed by atoms with Crippen LogP contribution in [0, 0.1) is 6.92 Å². The molecule has 2 rings (SSSR count). The molecule has 0 spiro atoms. The molecule has 0 aliphatic heterocycles. The van der Waals surface area contributed by atoms with Crippen LogP contribution >= 0.6 is 0 Å². The Morgan fingerprint density at radius 3 is 2.37 bits per heavy atom. The highest BCUT2D eigenvalue weighted by Crippen LogP contribution is 2.21. The summed E-state index contributed by atoms with van der Waals surface area (Å²) in [6.45, 7) is 1.82. The van der Waals surface area contributed by atoms with Gasteiger partial charge in [-0.1, -0.05) is 25.7 Å². The predicted octanol–water partition coefficient (Wildman–Crippen LogP) is 2.58. The second kappa shape index (κ2) is 5.92. The van der Waals surface area contributed by atoms with Crippen LogP contribution in [0.1, 0.15) is 44.1 Å². The van der Waals surface area contributed by atoms with Gasteiger partial charge in [0.05, 0.1) is 4.90 Å². The Kier molecular flexibility index (Phi) is 4.47. The molecule has 0 radical (unpaired) electrons. The monoisotopic (exact) mass is 282 g/mol. The van der Waals surface area contributed by atoms with Crippen molar-refractivity contribution in [2.45, 2.75) is 56.4 Å². The average Bonchev–Trinajstić information content (AvgIpc) is 2.60. The minimum absolute atomic E-state index is 0.0744. The Morgan fingerprint density at radius 2 is 1.79 bits per heavy atom. The van der Waals surface area contributed by atoms with Crippen LogP contribution in [0.4, 0.5) is 5.69 Å². The maximum atomic E-state index is 12.3. The van der Waals surface area contributed by atoms with Gasteiger partial charge in [-0.25, -0.2) is 13.1 Å². The summed E-state index contributed by atoms with van der Waals surface area (Å²) in [5, 5.41) is 0. The molecular weight excluding hydrogens is 260 g/mol. The highest BCUT2D eigenvalue weighted by Gasteiger charge is 2.21. The first-order chi connectivity index (χ1) is 8.99. The fourth-order valence-electron chi connectivity index (χ4n) is 2.50. The summed E-state index contributed by atoms with van der Waals surface area (Å²) in [5.74, 6) is 0. The van der Waals surface area contributed by atoms with E-state index in [0.29, 0.717) is 10.6 Å². The molecule has 0 atom stereocenters. The van der Waals surface area contributed by atoms with Gasteiger partial charge in [-0.2, -0.15) is 0 Å². The molecular formula is C14H22N2O2S. The second-order valence-corrected chi connectivity index (χ2v) is 7.04. The molecule has 1 saturated carbocycles. The van der Waals surface area contributed by atoms with Crippen LogP contribution < -0.4 is 10.5 Å². The Labute approximate surface area is 115 Å². The number of benzene rings is 1. The number of nitrogens with two attached hydrogens (primary N) is 1. The van der Waals surface area contributed by atoms with Crippen molar-refractivity contribution in [3.05, 3.63) is 23.8 Å². The molecule has 1 aromatic carbocycles. The summed E-state index contributed by atoms with van der Waals surface area (Å²) in [6, 6.07) is 4.93. The van der Waals surface area contributed by atoms with Crippen molar-refractivity contribution >= 4 is 15.7 Å². The van der Waals surface area contributed by atoms with Crippen molar-refractivity contribution in [3.63, 3.8) is 0 Å². The van der Waals surface area contributed by atoms with Gasteiger partial charge in [0.15, 0.2) is 0 Å². The van der Waals surface area contributed by atoms with Gasteiger partial charge in [0.25, 0.3) is 0 Å². The first kappa shape index (κ1) is 14.3. The molecule has 0 heterocycles. The molecule has 0 saturated heterocycles. The Balaban J connectivity index is 2.14. The maximum Gasteiger partial charge on any atom is 0.240 e. The predicted molar refractivity (Wildman–Crippen MR) is 77.4 cm³/mol. The molecule has 1 aliphatic rings. The smallest absolute Gasteiger partial charge is 0.240 e. The molecule has 106 valence electrons. The van der Waals surface area contributed by atoms with Crippen molar-refractivity contribution in [3.8, 4) is 0 Å². The van der Waals surface area contributed by atoms with Crippen LogP contribution in [-0.2, 0) is 10.0 Å². The second-order valence-electron chi connectivity index (χ2n) is 5.33. The molecule has 0 amide bonds. The van der Waals surface area contributed by atoms with E-state index < -0.39 is 10.0 Å². The van der Waals surface area contributed by atoms with Crippen molar-refractivity contribution in [2.24, 2.45) is 0 Å². The van der Waals surface area contributed by atoms with Crippen molar-refractivity contribution in [2.75, 3.05) is 5.73 Å². The summed E-state index contributed by atoms with van der Waals surface area (Å²) >= 11 is 0. The minimum atomic E-state index is -3.42. The summed E-state index contributed by atoms with van der Waals surface area (Å²) in [4.78, 5) is 0.309. The van der Waals surface area contributed by atoms with Gasteiger partial charge in [-0.15, -0.1) is 0 Å². The van der Waals surface area contributed by atoms with Crippen LogP contribution in [0.5, 0.6) is 0 Å². The van der Waals surface area contributed by atoms with E-state index in [1.54, 1.807) is 18.2 Å². The van der Waals surface area contributed by atoms with E-state index in [2.05, 4.69) is 4.72 Å². The molecule has 5 heteroatoms. The number of rotatable bonds is 3. The number of nitrogens with one attached hydrogen (secondary N) is 1. The highest BCUT2D eigenvalue weighted by molar-refractivity contribution is 7.89. The third-order valence-corrected chi connectivity index (χ3v) is 5.25. The van der Waals surface area contributed by atoms with Crippen molar-refractivity contribution < 1.29 is 8.42 Å². The van der Waals surface area contributed by atoms with Gasteiger partial charge < -0.3 is 5.73 Å². The zero-order chi connectivity index (χ0) is 13.9. The zero-order valence-electron chi connectivity index (χ0n) is 11.4. The van der Waals surface area contributed by atoms with Gasteiger partial charge in [-0.05, 0) is 43.5 Å². The van der Waals surface area contributed by atoms with E-state index in [-0.39, 0.29) is 6.04 Å². The molecule has 0 aromatic heterocycles. The lowest BCUT2D eigenvalue weighted by molar-refractivity contribution is 0.510. The van der Waals surface area contributed by atoms with Gasteiger partial charge in [0.2, 0.25) is 10.0 Å². The molecule has 1 aromatic rings. The largest absolute Gasteiger partial charge is 0.399 e. The molecule has 1 fully saturated rings. The first-order valence-electron chi connectivity index (χ1n) is 6.87. The van der Waals surface area contributed by atoms with Gasteiger partial charge in [0.1, 0.15) is 0 Å². The average molecular weight is 282 g/mol. The van der Waals surface area contributed by atoms with Crippen LogP contribution in [0.3, 0.4) is 0 Å². The Hall–Kier alpha value is -1.07. The number of hydrogen-bond acceptors (Lipinski definition) is 3. The SMILES string of the molecule is Cc1cc(S(=O)(=O)NC2CCCCCC2)ccc1N. The normalized spacial score (nSPS) is 18.2. The maximum absolute atomic E-state index is 12.3. The standard InChI is InChI=1S/C14H22N2O2S/c1-11-10-13(8-9-14(11)15)19(17,18)16-12-6-4-2-3-5-7-12/h8-10,12,16H,2-7,15H2,1H3. The number of aryl methyl sites for hydroxylation is 1. The van der Waals surface area contributed by atoms with Crippen LogP contribution in [-0.4, -0.2) is 14.5 Å². The van der Waals surface area contributed by atoms with E-state index in [1.165, 1.54) is 12.8 Å². The van der Waals surface area contributed by atoms with Crippen LogP contribution in [0.25, 0.3) is 0 Å². The van der Waals surface area contributed by atoms with Crippen LogP contribution in [0.15, 0.2) is 23.1 Å². The first-order valence-corrected chi connectivity index (χ1v) is 8.36. The lowest BCUT2D eigenvalue weighted by Crippen LogP contribution is -2.34. The fourth-order valence-corrected chi connectivity index (χ4v) is 3.89. The Morgan fingerprint density at radius 1 is 1.16 bits per heavy atom. The van der Waals surface area contributed by atoms with E-state index in [1.807, 2.05) is 6.92 Å². The molecule has 1 aliphatic carbocycles. The van der Waals surface area contributed by atoms with Gasteiger partial charge in [0, 0.05) is 11.7 Å². The zero-order valence-corrected chi connectivity index (χ0v) is 12.2. The molecule has 3 N–H and O–H groups in total. The van der Waals surface area contributed by atoms with Gasteiger partial charge in [-0.3, -0.25) is 0 Å². The lowest BCUT2D eigenvalue weighted by Gasteiger charge is -2.16. The molecule has 19 heavy (non-hydrogen) atoms. The van der Waals surface area contributed by atoms with E-state index >= 15 is 0 Å². The number of nitrogen functional groups attached to an aromatic ring is 1. The lowest BCUT2D eigenvalue weighted by atomic mass is 10.1. The van der Waals surface area contributed by atoms with E-state index in [4.69, 9.17) is 5.73 Å². The third-order valence-electron chi connectivity index (χ3n) is 3.73. The summed E-state index contributed by atoms with van der Waals surface area (Å²) in [6.07, 6.45) is 6.50. The topological polar surface area (TPSA) is 72.2 Å². The fraction of sp³-hybridized carbons (Fsp3) is 0.571. The Bertz CT molecular complexity index is 532. The number of hydrogen-bond donors (Lipinski definition) is 2. The van der Waals surface area contributed by atoms with Crippen molar-refractivity contribution in [1.29, 1.82) is 0 Å². The number of sulfonamides is 1. The van der Waals surface area contributed by atoms with Crippen molar-refractivity contribution in [1.82, 2.24) is 4.72 Å². The molecule has 0 bridgehead atoms. The minimum Gasteiger partial charge on any atom is -0.399 e.